The molecule has 0 saturated heterocycles. The van der Waals surface area contributed by atoms with Gasteiger partial charge in [0.05, 0.1) is 0 Å². The van der Waals surface area contributed by atoms with E-state index in [-0.39, 0.29) is 0 Å². The fourth-order valence-corrected chi connectivity index (χ4v) is 2.59. The molecule has 0 aromatic rings. The third-order valence-electron chi connectivity index (χ3n) is 2.56. The van der Waals surface area contributed by atoms with Gasteiger partial charge in [0.2, 0.25) is 0 Å². The van der Waals surface area contributed by atoms with Crippen molar-refractivity contribution < 1.29 is 4.21 Å². The van der Waals surface area contributed by atoms with Crippen molar-refractivity contribution in [1.82, 2.24) is 5.32 Å². The summed E-state index contributed by atoms with van der Waals surface area (Å²) in [5.41, 5.74) is 0. The molecule has 0 bridgehead atoms. The van der Waals surface area contributed by atoms with Crippen LogP contribution in [0.25, 0.3) is 0 Å². The predicted octanol–water partition coefficient (Wildman–Crippen LogP) is 2.31. The van der Waals surface area contributed by atoms with Crippen LogP contribution in [0.4, 0.5) is 0 Å². The van der Waals surface area contributed by atoms with E-state index in [2.05, 4.69) is 33.0 Å². The topological polar surface area (TPSA) is 29.1 Å². The zero-order valence-corrected chi connectivity index (χ0v) is 10.8. The summed E-state index contributed by atoms with van der Waals surface area (Å²) in [4.78, 5) is 0. The second kappa shape index (κ2) is 8.42. The van der Waals surface area contributed by atoms with E-state index in [4.69, 9.17) is 0 Å². The maximum atomic E-state index is 11.6. The first-order chi connectivity index (χ1) is 6.61. The smallest absolute Gasteiger partial charge is 0.0317 e. The zero-order valence-electron chi connectivity index (χ0n) is 10.0. The van der Waals surface area contributed by atoms with E-state index < -0.39 is 10.8 Å². The molecule has 0 aliphatic carbocycles. The largest absolute Gasteiger partial charge is 0.315 e. The normalized spacial score (nSPS) is 17.7. The van der Waals surface area contributed by atoms with Crippen LogP contribution >= 0.6 is 0 Å². The summed E-state index contributed by atoms with van der Waals surface area (Å²) in [5.74, 6) is 0.866. The quantitative estimate of drug-likeness (QED) is 0.679. The minimum Gasteiger partial charge on any atom is -0.315 e. The fraction of sp³-hybridized carbons (Fsp3) is 1.00. The van der Waals surface area contributed by atoms with Crippen LogP contribution in [-0.2, 0) is 10.8 Å². The SMILES string of the molecule is CCNC(C)CCCS(=O)C(C)CC. The Balaban J connectivity index is 3.48. The molecule has 0 amide bonds. The first kappa shape index (κ1) is 14.1. The molecule has 0 fully saturated rings. The Morgan fingerprint density at radius 2 is 1.93 bits per heavy atom. The Morgan fingerprint density at radius 1 is 1.29 bits per heavy atom. The third kappa shape index (κ3) is 6.55. The van der Waals surface area contributed by atoms with E-state index in [0.29, 0.717) is 11.3 Å². The minimum absolute atomic E-state index is 0.365. The van der Waals surface area contributed by atoms with E-state index in [9.17, 15) is 4.21 Å². The van der Waals surface area contributed by atoms with Crippen LogP contribution in [0.1, 0.15) is 47.0 Å². The van der Waals surface area contributed by atoms with Crippen molar-refractivity contribution >= 4 is 10.8 Å². The van der Waals surface area contributed by atoms with Gasteiger partial charge in [0.1, 0.15) is 0 Å². The van der Waals surface area contributed by atoms with Gasteiger partial charge in [-0.3, -0.25) is 4.21 Å². The first-order valence-corrected chi connectivity index (χ1v) is 7.10. The Bertz CT molecular complexity index is 161. The summed E-state index contributed by atoms with van der Waals surface area (Å²) in [7, 11) is -0.613. The van der Waals surface area contributed by atoms with Crippen LogP contribution in [0.2, 0.25) is 0 Å². The van der Waals surface area contributed by atoms with Crippen LogP contribution < -0.4 is 5.32 Å². The summed E-state index contributed by atoms with van der Waals surface area (Å²) < 4.78 is 11.6. The first-order valence-electron chi connectivity index (χ1n) is 5.72. The van der Waals surface area contributed by atoms with Gasteiger partial charge in [-0.15, -0.1) is 0 Å². The molecule has 0 aromatic heterocycles. The van der Waals surface area contributed by atoms with Crippen LogP contribution in [0, 0.1) is 0 Å². The lowest BCUT2D eigenvalue weighted by molar-refractivity contribution is 0.524. The Labute approximate surface area is 91.3 Å². The fourth-order valence-electron chi connectivity index (χ4n) is 1.37. The van der Waals surface area contributed by atoms with Crippen LogP contribution in [-0.4, -0.2) is 27.8 Å². The highest BCUT2D eigenvalue weighted by Crippen LogP contribution is 2.05. The molecule has 0 spiro atoms. The van der Waals surface area contributed by atoms with Crippen LogP contribution in [0.5, 0.6) is 0 Å². The lowest BCUT2D eigenvalue weighted by Crippen LogP contribution is -2.26. The summed E-state index contributed by atoms with van der Waals surface area (Å²) in [5, 5.41) is 3.73. The molecular formula is C11H25NOS. The molecule has 3 unspecified atom stereocenters. The standard InChI is InChI=1S/C11H25NOS/c1-5-11(4)14(13)9-7-8-10(3)12-6-2/h10-12H,5-9H2,1-4H3. The second-order valence-corrected chi connectivity index (χ2v) is 5.88. The number of hydrogen-bond acceptors (Lipinski definition) is 2. The average Bonchev–Trinajstić information content (AvgIpc) is 2.16. The van der Waals surface area contributed by atoms with Gasteiger partial charge in [-0.05, 0) is 32.7 Å². The minimum atomic E-state index is -0.613. The van der Waals surface area contributed by atoms with Crippen LogP contribution in [0.15, 0.2) is 0 Å². The summed E-state index contributed by atoms with van der Waals surface area (Å²) in [6.07, 6.45) is 3.23. The van der Waals surface area contributed by atoms with E-state index in [0.717, 1.165) is 31.6 Å². The monoisotopic (exact) mass is 219 g/mol. The molecule has 2 nitrogen and oxygen atoms in total. The maximum absolute atomic E-state index is 11.6. The summed E-state index contributed by atoms with van der Waals surface area (Å²) in [6.45, 7) is 9.51. The van der Waals surface area contributed by atoms with Crippen molar-refractivity contribution in [2.24, 2.45) is 0 Å². The highest BCUT2D eigenvalue weighted by molar-refractivity contribution is 7.85. The van der Waals surface area contributed by atoms with Gasteiger partial charge in [0.15, 0.2) is 0 Å². The molecule has 3 heteroatoms. The molecular weight excluding hydrogens is 194 g/mol. The third-order valence-corrected chi connectivity index (χ3v) is 4.48. The van der Waals surface area contributed by atoms with Gasteiger partial charge in [-0.25, -0.2) is 0 Å². The lowest BCUT2D eigenvalue weighted by atomic mass is 10.2. The molecule has 0 rings (SSSR count). The Kier molecular flexibility index (Phi) is 8.49. The van der Waals surface area contributed by atoms with Crippen molar-refractivity contribution in [2.75, 3.05) is 12.3 Å². The van der Waals surface area contributed by atoms with Gasteiger partial charge < -0.3 is 5.32 Å². The predicted molar refractivity (Wildman–Crippen MR) is 65.1 cm³/mol. The van der Waals surface area contributed by atoms with Gasteiger partial charge >= 0.3 is 0 Å². The highest BCUT2D eigenvalue weighted by atomic mass is 32.2. The summed E-state index contributed by atoms with van der Waals surface area (Å²) in [6, 6.07) is 0.564. The van der Waals surface area contributed by atoms with E-state index in [1.165, 1.54) is 0 Å². The van der Waals surface area contributed by atoms with E-state index in [1.54, 1.807) is 0 Å². The number of rotatable bonds is 8. The highest BCUT2D eigenvalue weighted by Gasteiger charge is 2.08. The molecule has 1 N–H and O–H groups in total. The van der Waals surface area contributed by atoms with Crippen LogP contribution in [0.3, 0.4) is 0 Å². The lowest BCUT2D eigenvalue weighted by Gasteiger charge is -2.13. The van der Waals surface area contributed by atoms with E-state index in [1.807, 2.05) is 0 Å². The van der Waals surface area contributed by atoms with Crippen molar-refractivity contribution in [1.29, 1.82) is 0 Å². The molecule has 0 aromatic carbocycles. The van der Waals surface area contributed by atoms with Gasteiger partial charge in [0, 0.05) is 27.8 Å². The Morgan fingerprint density at radius 3 is 2.43 bits per heavy atom. The molecule has 86 valence electrons. The second-order valence-electron chi connectivity index (χ2n) is 3.90. The van der Waals surface area contributed by atoms with Gasteiger partial charge in [-0.2, -0.15) is 0 Å². The Hall–Kier alpha value is 0.110. The van der Waals surface area contributed by atoms with Crippen molar-refractivity contribution in [2.45, 2.75) is 58.2 Å². The molecule has 14 heavy (non-hydrogen) atoms. The number of nitrogens with one attached hydrogen (secondary N) is 1. The molecule has 0 aliphatic heterocycles. The number of hydrogen-bond donors (Lipinski definition) is 1. The van der Waals surface area contributed by atoms with E-state index >= 15 is 0 Å². The molecule has 3 atom stereocenters. The van der Waals surface area contributed by atoms with Crippen molar-refractivity contribution in [3.05, 3.63) is 0 Å². The maximum Gasteiger partial charge on any atom is 0.0317 e. The molecule has 0 radical (unpaired) electrons. The average molecular weight is 219 g/mol. The van der Waals surface area contributed by atoms with Crippen molar-refractivity contribution in [3.8, 4) is 0 Å². The molecule has 0 heterocycles. The van der Waals surface area contributed by atoms with Gasteiger partial charge in [0.25, 0.3) is 0 Å². The molecule has 0 saturated carbocycles. The van der Waals surface area contributed by atoms with Gasteiger partial charge in [-0.1, -0.05) is 20.8 Å². The van der Waals surface area contributed by atoms with Crippen molar-refractivity contribution in [3.63, 3.8) is 0 Å². The molecule has 0 aliphatic rings. The summed E-state index contributed by atoms with van der Waals surface area (Å²) >= 11 is 0. The zero-order chi connectivity index (χ0) is 11.0.